The lowest BCUT2D eigenvalue weighted by Crippen LogP contribution is -2.17. The summed E-state index contributed by atoms with van der Waals surface area (Å²) in [5.74, 6) is 0.0501. The Morgan fingerprint density at radius 2 is 1.94 bits per heavy atom. The molecule has 2 rings (SSSR count). The molecule has 0 heterocycles. The molecule has 0 aliphatic carbocycles. The summed E-state index contributed by atoms with van der Waals surface area (Å²) in [5.41, 5.74) is 2.09. The molecule has 0 bridgehead atoms. The Morgan fingerprint density at radius 3 is 2.65 bits per heavy atom. The third-order valence-corrected chi connectivity index (χ3v) is 2.82. The second-order valence-electron chi connectivity index (χ2n) is 4.67. The predicted octanol–water partition coefficient (Wildman–Crippen LogP) is 3.74. The third kappa shape index (κ3) is 2.47. The van der Waals surface area contributed by atoms with Crippen LogP contribution in [0, 0.1) is 12.8 Å². The summed E-state index contributed by atoms with van der Waals surface area (Å²) < 4.78 is 0. The number of carbonyl (C=O) groups excluding carboxylic acids is 1. The van der Waals surface area contributed by atoms with Crippen molar-refractivity contribution in [3.8, 4) is 0 Å². The second kappa shape index (κ2) is 4.58. The number of anilines is 1. The zero-order valence-electron chi connectivity index (χ0n) is 10.4. The van der Waals surface area contributed by atoms with Gasteiger partial charge in [-0.3, -0.25) is 4.79 Å². The first kappa shape index (κ1) is 11.6. The van der Waals surface area contributed by atoms with Gasteiger partial charge in [0.15, 0.2) is 0 Å². The van der Waals surface area contributed by atoms with Gasteiger partial charge < -0.3 is 5.32 Å². The first-order valence-corrected chi connectivity index (χ1v) is 5.88. The Bertz CT molecular complexity index is 558. The van der Waals surface area contributed by atoms with E-state index in [-0.39, 0.29) is 11.8 Å². The van der Waals surface area contributed by atoms with Crippen molar-refractivity contribution in [2.24, 2.45) is 5.92 Å². The number of hydrogen-bond acceptors (Lipinski definition) is 1. The molecule has 2 aromatic carbocycles. The molecule has 2 aromatic rings. The van der Waals surface area contributed by atoms with Gasteiger partial charge in [-0.1, -0.05) is 43.7 Å². The Morgan fingerprint density at radius 1 is 1.18 bits per heavy atom. The molecule has 0 saturated carbocycles. The van der Waals surface area contributed by atoms with E-state index in [9.17, 15) is 4.79 Å². The van der Waals surface area contributed by atoms with E-state index < -0.39 is 0 Å². The quantitative estimate of drug-likeness (QED) is 0.831. The lowest BCUT2D eigenvalue weighted by atomic mass is 10.1. The Hall–Kier alpha value is -1.83. The molecular weight excluding hydrogens is 210 g/mol. The lowest BCUT2D eigenvalue weighted by Gasteiger charge is -2.11. The Kier molecular flexibility index (Phi) is 3.14. The second-order valence-corrected chi connectivity index (χ2v) is 4.67. The number of nitrogens with one attached hydrogen (secondary N) is 1. The molecule has 1 N–H and O–H groups in total. The molecule has 0 unspecified atom stereocenters. The average molecular weight is 227 g/mol. The first-order valence-electron chi connectivity index (χ1n) is 5.88. The van der Waals surface area contributed by atoms with E-state index in [2.05, 4.69) is 36.5 Å². The topological polar surface area (TPSA) is 29.1 Å². The van der Waals surface area contributed by atoms with Crippen LogP contribution >= 0.6 is 0 Å². The molecule has 0 radical (unpaired) electrons. The first-order chi connectivity index (χ1) is 8.08. The zero-order valence-corrected chi connectivity index (χ0v) is 10.4. The molecule has 0 atom stereocenters. The average Bonchev–Trinajstić information content (AvgIpc) is 2.29. The van der Waals surface area contributed by atoms with E-state index in [0.29, 0.717) is 0 Å². The van der Waals surface area contributed by atoms with E-state index in [1.54, 1.807) is 0 Å². The van der Waals surface area contributed by atoms with Crippen LogP contribution in [0.2, 0.25) is 0 Å². The lowest BCUT2D eigenvalue weighted by molar-refractivity contribution is -0.118. The molecule has 0 aliphatic heterocycles. The summed E-state index contributed by atoms with van der Waals surface area (Å²) in [6.45, 7) is 5.85. The van der Waals surface area contributed by atoms with E-state index >= 15 is 0 Å². The van der Waals surface area contributed by atoms with Crippen molar-refractivity contribution >= 4 is 22.4 Å². The minimum absolute atomic E-state index is 0.00457. The number of aryl methyl sites for hydroxylation is 1. The standard InChI is InChI=1S/C15H17NO/c1-10(2)15(17)16-14-6-4-5-12-8-7-11(3)9-13(12)14/h4-10H,1-3H3,(H,16,17). The highest BCUT2D eigenvalue weighted by molar-refractivity contribution is 6.02. The van der Waals surface area contributed by atoms with Gasteiger partial charge in [0.25, 0.3) is 0 Å². The summed E-state index contributed by atoms with van der Waals surface area (Å²) in [6, 6.07) is 12.2. The number of rotatable bonds is 2. The summed E-state index contributed by atoms with van der Waals surface area (Å²) in [6.07, 6.45) is 0. The van der Waals surface area contributed by atoms with E-state index in [4.69, 9.17) is 0 Å². The molecule has 0 fully saturated rings. The summed E-state index contributed by atoms with van der Waals surface area (Å²) >= 11 is 0. The van der Waals surface area contributed by atoms with Crippen LogP contribution in [-0.2, 0) is 4.79 Å². The van der Waals surface area contributed by atoms with Crippen molar-refractivity contribution < 1.29 is 4.79 Å². The van der Waals surface area contributed by atoms with Crippen LogP contribution in [0.15, 0.2) is 36.4 Å². The van der Waals surface area contributed by atoms with Crippen LogP contribution in [0.4, 0.5) is 5.69 Å². The maximum absolute atomic E-state index is 11.7. The van der Waals surface area contributed by atoms with Gasteiger partial charge in [0.05, 0.1) is 0 Å². The largest absolute Gasteiger partial charge is 0.325 e. The maximum atomic E-state index is 11.7. The van der Waals surface area contributed by atoms with Crippen LogP contribution < -0.4 is 5.32 Å². The van der Waals surface area contributed by atoms with Gasteiger partial charge in [0.2, 0.25) is 5.91 Å². The number of amides is 1. The minimum Gasteiger partial charge on any atom is -0.325 e. The van der Waals surface area contributed by atoms with Gasteiger partial charge in [0.1, 0.15) is 0 Å². The Balaban J connectivity index is 2.46. The monoisotopic (exact) mass is 227 g/mol. The van der Waals surface area contributed by atoms with Crippen LogP contribution in [-0.4, -0.2) is 5.91 Å². The maximum Gasteiger partial charge on any atom is 0.226 e. The molecule has 17 heavy (non-hydrogen) atoms. The summed E-state index contributed by atoms with van der Waals surface area (Å²) in [5, 5.41) is 5.22. The highest BCUT2D eigenvalue weighted by atomic mass is 16.1. The molecule has 0 aliphatic rings. The molecule has 0 saturated heterocycles. The van der Waals surface area contributed by atoms with Crippen molar-refractivity contribution in [1.82, 2.24) is 0 Å². The predicted molar refractivity (Wildman–Crippen MR) is 72.2 cm³/mol. The van der Waals surface area contributed by atoms with Gasteiger partial charge in [-0.2, -0.15) is 0 Å². The minimum atomic E-state index is -0.00457. The highest BCUT2D eigenvalue weighted by Crippen LogP contribution is 2.24. The van der Waals surface area contributed by atoms with Gasteiger partial charge in [-0.15, -0.1) is 0 Å². The van der Waals surface area contributed by atoms with E-state index in [1.165, 1.54) is 5.56 Å². The number of benzene rings is 2. The van der Waals surface area contributed by atoms with Crippen molar-refractivity contribution in [1.29, 1.82) is 0 Å². The molecule has 0 spiro atoms. The molecule has 0 aromatic heterocycles. The molecule has 2 heteroatoms. The van der Waals surface area contributed by atoms with Gasteiger partial charge in [0, 0.05) is 17.0 Å². The van der Waals surface area contributed by atoms with Crippen molar-refractivity contribution in [2.75, 3.05) is 5.32 Å². The van der Waals surface area contributed by atoms with Crippen LogP contribution in [0.5, 0.6) is 0 Å². The van der Waals surface area contributed by atoms with E-state index in [0.717, 1.165) is 16.5 Å². The third-order valence-electron chi connectivity index (χ3n) is 2.82. The van der Waals surface area contributed by atoms with Gasteiger partial charge >= 0.3 is 0 Å². The zero-order chi connectivity index (χ0) is 12.4. The van der Waals surface area contributed by atoms with Crippen LogP contribution in [0.25, 0.3) is 10.8 Å². The van der Waals surface area contributed by atoms with Gasteiger partial charge in [-0.05, 0) is 24.4 Å². The fraction of sp³-hybridized carbons (Fsp3) is 0.267. The molecule has 1 amide bonds. The summed E-state index contributed by atoms with van der Waals surface area (Å²) in [7, 11) is 0. The fourth-order valence-corrected chi connectivity index (χ4v) is 1.77. The molecule has 2 nitrogen and oxygen atoms in total. The number of hydrogen-bond donors (Lipinski definition) is 1. The highest BCUT2D eigenvalue weighted by Gasteiger charge is 2.09. The van der Waals surface area contributed by atoms with Crippen molar-refractivity contribution in [3.63, 3.8) is 0 Å². The van der Waals surface area contributed by atoms with Gasteiger partial charge in [-0.25, -0.2) is 0 Å². The number of fused-ring (bicyclic) bond motifs is 1. The van der Waals surface area contributed by atoms with E-state index in [1.807, 2.05) is 26.0 Å². The molecular formula is C15H17NO. The number of carbonyl (C=O) groups is 1. The van der Waals surface area contributed by atoms with Crippen LogP contribution in [0.1, 0.15) is 19.4 Å². The Labute approximate surface area is 102 Å². The molecule has 88 valence electrons. The van der Waals surface area contributed by atoms with Crippen molar-refractivity contribution in [3.05, 3.63) is 42.0 Å². The SMILES string of the molecule is Cc1ccc2cccc(NC(=O)C(C)C)c2c1. The summed E-state index contributed by atoms with van der Waals surface area (Å²) in [4.78, 5) is 11.7. The fourth-order valence-electron chi connectivity index (χ4n) is 1.77. The van der Waals surface area contributed by atoms with Crippen LogP contribution in [0.3, 0.4) is 0 Å². The smallest absolute Gasteiger partial charge is 0.226 e. The van der Waals surface area contributed by atoms with Crippen molar-refractivity contribution in [2.45, 2.75) is 20.8 Å². The normalized spacial score (nSPS) is 10.8.